The number of nitrogens with one attached hydrogen (secondary N) is 3. The summed E-state index contributed by atoms with van der Waals surface area (Å²) in [6, 6.07) is 16.6. The molecular weight excluding hydrogens is 417 g/mol. The lowest BCUT2D eigenvalue weighted by Crippen LogP contribution is -2.20. The van der Waals surface area contributed by atoms with Crippen LogP contribution in [0.4, 0.5) is 29.5 Å². The summed E-state index contributed by atoms with van der Waals surface area (Å²) in [5.41, 5.74) is 1.41. The zero-order valence-electron chi connectivity index (χ0n) is 15.2. The number of urea groups is 1. The van der Waals surface area contributed by atoms with Crippen LogP contribution in [0, 0.1) is 0 Å². The summed E-state index contributed by atoms with van der Waals surface area (Å²) in [5, 5.41) is 12.9. The summed E-state index contributed by atoms with van der Waals surface area (Å²) < 4.78 is 38.5. The van der Waals surface area contributed by atoms with Gasteiger partial charge in [-0.3, -0.25) is 10.4 Å². The number of aromatic nitrogens is 2. The van der Waals surface area contributed by atoms with E-state index in [1.54, 1.807) is 12.1 Å². The summed E-state index contributed by atoms with van der Waals surface area (Å²) in [5.74, 6) is 0.225. The number of carbonyl (C=O) groups excluding carboxylic acids is 1. The fourth-order valence-electron chi connectivity index (χ4n) is 3.02. The van der Waals surface area contributed by atoms with Gasteiger partial charge in [-0.2, -0.15) is 18.3 Å². The molecular formula is C21H14ClF3N4O. The van der Waals surface area contributed by atoms with Gasteiger partial charge in [-0.25, -0.2) is 4.79 Å². The SMILES string of the molecule is O=C(Nc1cccc(C(F)(F)F)c1)Nc1n[nH]c2cc(Cl)c(-c3ccccc3)cc12. The van der Waals surface area contributed by atoms with Crippen molar-refractivity contribution in [2.24, 2.45) is 0 Å². The number of amides is 2. The maximum absolute atomic E-state index is 12.8. The summed E-state index contributed by atoms with van der Waals surface area (Å²) in [4.78, 5) is 12.3. The molecule has 0 radical (unpaired) electrons. The summed E-state index contributed by atoms with van der Waals surface area (Å²) >= 11 is 6.37. The van der Waals surface area contributed by atoms with E-state index in [0.29, 0.717) is 15.9 Å². The molecule has 0 saturated carbocycles. The van der Waals surface area contributed by atoms with E-state index in [-0.39, 0.29) is 11.5 Å². The number of nitrogens with zero attached hydrogens (tertiary/aromatic N) is 1. The molecule has 3 aromatic carbocycles. The lowest BCUT2D eigenvalue weighted by molar-refractivity contribution is -0.137. The van der Waals surface area contributed by atoms with Gasteiger partial charge in [-0.05, 0) is 35.9 Å². The lowest BCUT2D eigenvalue weighted by Gasteiger charge is -2.10. The number of fused-ring (bicyclic) bond motifs is 1. The molecule has 5 nitrogen and oxygen atoms in total. The highest BCUT2D eigenvalue weighted by molar-refractivity contribution is 6.34. The predicted molar refractivity (Wildman–Crippen MR) is 111 cm³/mol. The minimum Gasteiger partial charge on any atom is -0.308 e. The van der Waals surface area contributed by atoms with Gasteiger partial charge in [-0.1, -0.05) is 48.0 Å². The fourth-order valence-corrected chi connectivity index (χ4v) is 3.29. The highest BCUT2D eigenvalue weighted by atomic mass is 35.5. The van der Waals surface area contributed by atoms with Crippen LogP contribution in [0.2, 0.25) is 5.02 Å². The number of hydrogen-bond donors (Lipinski definition) is 3. The van der Waals surface area contributed by atoms with Gasteiger partial charge < -0.3 is 5.32 Å². The number of anilines is 2. The smallest absolute Gasteiger partial charge is 0.308 e. The lowest BCUT2D eigenvalue weighted by atomic mass is 10.0. The Balaban J connectivity index is 1.59. The van der Waals surface area contributed by atoms with Crippen molar-refractivity contribution in [2.75, 3.05) is 10.6 Å². The monoisotopic (exact) mass is 430 g/mol. The minimum absolute atomic E-state index is 0.00943. The molecule has 4 rings (SSSR count). The molecule has 0 saturated heterocycles. The highest BCUT2D eigenvalue weighted by Gasteiger charge is 2.30. The number of aromatic amines is 1. The largest absolute Gasteiger partial charge is 0.416 e. The van der Waals surface area contributed by atoms with E-state index in [4.69, 9.17) is 11.6 Å². The molecule has 0 aliphatic heterocycles. The molecule has 0 bridgehead atoms. The topological polar surface area (TPSA) is 69.8 Å². The maximum Gasteiger partial charge on any atom is 0.416 e. The van der Waals surface area contributed by atoms with E-state index in [2.05, 4.69) is 20.8 Å². The molecule has 0 unspecified atom stereocenters. The van der Waals surface area contributed by atoms with Crippen molar-refractivity contribution in [1.82, 2.24) is 10.2 Å². The Labute approximate surface area is 173 Å². The van der Waals surface area contributed by atoms with Gasteiger partial charge in [0.15, 0.2) is 5.82 Å². The Morgan fingerprint density at radius 1 is 0.967 bits per heavy atom. The normalized spacial score (nSPS) is 11.5. The average Bonchev–Trinajstić information content (AvgIpc) is 3.09. The molecule has 3 N–H and O–H groups in total. The zero-order valence-corrected chi connectivity index (χ0v) is 16.0. The highest BCUT2D eigenvalue weighted by Crippen LogP contribution is 2.34. The first-order chi connectivity index (χ1) is 14.3. The van der Waals surface area contributed by atoms with Gasteiger partial charge in [0.05, 0.1) is 16.1 Å². The second-order valence-corrected chi connectivity index (χ2v) is 6.88. The summed E-state index contributed by atoms with van der Waals surface area (Å²) in [6.45, 7) is 0. The van der Waals surface area contributed by atoms with Crippen LogP contribution >= 0.6 is 11.6 Å². The number of rotatable bonds is 3. The first-order valence-corrected chi connectivity index (χ1v) is 9.17. The second-order valence-electron chi connectivity index (χ2n) is 6.47. The quantitative estimate of drug-likeness (QED) is 0.345. The van der Waals surface area contributed by atoms with Gasteiger partial charge >= 0.3 is 12.2 Å². The van der Waals surface area contributed by atoms with E-state index in [1.165, 1.54) is 12.1 Å². The van der Waals surface area contributed by atoms with Crippen molar-refractivity contribution in [3.05, 3.63) is 77.3 Å². The summed E-state index contributed by atoms with van der Waals surface area (Å²) in [6.07, 6.45) is -4.50. The van der Waals surface area contributed by atoms with Crippen molar-refractivity contribution < 1.29 is 18.0 Å². The Bertz CT molecular complexity index is 1220. The zero-order chi connectivity index (χ0) is 21.3. The first-order valence-electron chi connectivity index (χ1n) is 8.79. The van der Waals surface area contributed by atoms with Gasteiger partial charge in [0.25, 0.3) is 0 Å². The van der Waals surface area contributed by atoms with Crippen molar-refractivity contribution in [1.29, 1.82) is 0 Å². The van der Waals surface area contributed by atoms with Gasteiger partial charge in [0.2, 0.25) is 0 Å². The van der Waals surface area contributed by atoms with E-state index >= 15 is 0 Å². The molecule has 1 heterocycles. The first kappa shape index (κ1) is 19.8. The van der Waals surface area contributed by atoms with E-state index in [9.17, 15) is 18.0 Å². The van der Waals surface area contributed by atoms with E-state index in [0.717, 1.165) is 23.3 Å². The Hall–Kier alpha value is -3.52. The fraction of sp³-hybridized carbons (Fsp3) is 0.0476. The number of benzene rings is 3. The van der Waals surface area contributed by atoms with E-state index in [1.807, 2.05) is 30.3 Å². The third-order valence-corrected chi connectivity index (χ3v) is 4.73. The number of carbonyl (C=O) groups is 1. The second kappa shape index (κ2) is 7.72. The molecule has 1 aromatic heterocycles. The Morgan fingerprint density at radius 3 is 2.47 bits per heavy atom. The number of halogens is 4. The van der Waals surface area contributed by atoms with Crippen LogP contribution in [-0.2, 0) is 6.18 Å². The third kappa shape index (κ3) is 4.08. The third-order valence-electron chi connectivity index (χ3n) is 4.41. The minimum atomic E-state index is -4.50. The molecule has 4 aromatic rings. The van der Waals surface area contributed by atoms with Crippen LogP contribution in [0.25, 0.3) is 22.0 Å². The standard InChI is InChI=1S/C21H14ClF3N4O/c22-17-11-18-16(10-15(17)12-5-2-1-3-6-12)19(29-28-18)27-20(30)26-14-8-4-7-13(9-14)21(23,24)25/h1-11H,(H3,26,27,28,29,30). The molecule has 0 aliphatic rings. The van der Waals surface area contributed by atoms with Crippen molar-refractivity contribution in [2.45, 2.75) is 6.18 Å². The number of H-pyrrole nitrogens is 1. The van der Waals surface area contributed by atoms with Crippen LogP contribution < -0.4 is 10.6 Å². The van der Waals surface area contributed by atoms with Crippen LogP contribution in [0.1, 0.15) is 5.56 Å². The van der Waals surface area contributed by atoms with Crippen LogP contribution in [0.15, 0.2) is 66.7 Å². The molecule has 9 heteroatoms. The van der Waals surface area contributed by atoms with Gasteiger partial charge in [-0.15, -0.1) is 0 Å². The van der Waals surface area contributed by atoms with Crippen LogP contribution in [0.3, 0.4) is 0 Å². The average molecular weight is 431 g/mol. The van der Waals surface area contributed by atoms with Crippen molar-refractivity contribution >= 4 is 40.0 Å². The molecule has 0 fully saturated rings. The number of hydrogen-bond acceptors (Lipinski definition) is 2. The molecule has 2 amide bonds. The van der Waals surface area contributed by atoms with Gasteiger partial charge in [0, 0.05) is 16.6 Å². The van der Waals surface area contributed by atoms with Crippen molar-refractivity contribution in [3.8, 4) is 11.1 Å². The molecule has 152 valence electrons. The molecule has 30 heavy (non-hydrogen) atoms. The Morgan fingerprint density at radius 2 is 1.73 bits per heavy atom. The number of alkyl halides is 3. The molecule has 0 spiro atoms. The van der Waals surface area contributed by atoms with Crippen LogP contribution in [-0.4, -0.2) is 16.2 Å². The Kier molecular flexibility index (Phi) is 5.09. The molecule has 0 aliphatic carbocycles. The van der Waals surface area contributed by atoms with E-state index < -0.39 is 17.8 Å². The summed E-state index contributed by atoms with van der Waals surface area (Å²) in [7, 11) is 0. The predicted octanol–water partition coefficient (Wildman–Crippen LogP) is 6.55. The van der Waals surface area contributed by atoms with Gasteiger partial charge in [0.1, 0.15) is 0 Å². The van der Waals surface area contributed by atoms with Crippen LogP contribution in [0.5, 0.6) is 0 Å². The van der Waals surface area contributed by atoms with Crippen molar-refractivity contribution in [3.63, 3.8) is 0 Å². The molecule has 0 atom stereocenters. The maximum atomic E-state index is 12.8.